The third kappa shape index (κ3) is 3.98. The summed E-state index contributed by atoms with van der Waals surface area (Å²) < 4.78 is 11.3. The molecule has 0 radical (unpaired) electrons. The molecule has 0 saturated heterocycles. The summed E-state index contributed by atoms with van der Waals surface area (Å²) in [6, 6.07) is 17.3. The summed E-state index contributed by atoms with van der Waals surface area (Å²) in [4.78, 5) is 28.5. The molecule has 1 aromatic heterocycles. The smallest absolute Gasteiger partial charge is 0.327 e. The van der Waals surface area contributed by atoms with Crippen LogP contribution in [0.25, 0.3) is 0 Å². The largest absolute Gasteiger partial charge is 0.494 e. The molecule has 5 rings (SSSR count). The number of urea groups is 1. The third-order valence-corrected chi connectivity index (χ3v) is 5.88. The lowest BCUT2D eigenvalue weighted by Gasteiger charge is -2.32. The third-order valence-electron chi connectivity index (χ3n) is 5.88. The Balaban J connectivity index is 1.60. The molecule has 7 nitrogen and oxygen atoms in total. The van der Waals surface area contributed by atoms with Crippen LogP contribution in [0.15, 0.2) is 82.6 Å². The molecule has 2 N–H and O–H groups in total. The molecule has 0 fully saturated rings. The van der Waals surface area contributed by atoms with Gasteiger partial charge >= 0.3 is 6.03 Å². The van der Waals surface area contributed by atoms with E-state index in [0.717, 1.165) is 30.0 Å². The molecular formula is C26H25N3O4. The van der Waals surface area contributed by atoms with E-state index < -0.39 is 6.04 Å². The Hall–Kier alpha value is -4.00. The summed E-state index contributed by atoms with van der Waals surface area (Å²) in [6.45, 7) is 2.49. The number of carbonyl (C=O) groups is 2. The van der Waals surface area contributed by atoms with Crippen molar-refractivity contribution in [2.75, 3.05) is 22.1 Å². The van der Waals surface area contributed by atoms with Crippen LogP contribution in [0, 0.1) is 0 Å². The summed E-state index contributed by atoms with van der Waals surface area (Å²) in [5, 5.41) is 6.41. The number of fused-ring (bicyclic) bond motifs is 1. The van der Waals surface area contributed by atoms with Crippen molar-refractivity contribution in [1.82, 2.24) is 0 Å². The summed E-state index contributed by atoms with van der Waals surface area (Å²) in [5.74, 6) is 1.30. The highest BCUT2D eigenvalue weighted by molar-refractivity contribution is 6.09. The second-order valence-corrected chi connectivity index (χ2v) is 7.99. The summed E-state index contributed by atoms with van der Waals surface area (Å²) in [7, 11) is 0. The highest BCUT2D eigenvalue weighted by Crippen LogP contribution is 2.45. The Morgan fingerprint density at radius 3 is 2.70 bits per heavy atom. The van der Waals surface area contributed by atoms with E-state index in [9.17, 15) is 9.59 Å². The SMILES string of the molecule is CCOc1ccc(NC(=O)N2c3ccccc3NC3=C(C(=O)CCC3)C2c2ccco2)cc1. The molecule has 7 heteroatoms. The van der Waals surface area contributed by atoms with E-state index in [1.165, 1.54) is 0 Å². The molecule has 1 aliphatic heterocycles. The second-order valence-electron chi connectivity index (χ2n) is 7.99. The van der Waals surface area contributed by atoms with Gasteiger partial charge in [0.05, 0.1) is 24.2 Å². The van der Waals surface area contributed by atoms with Gasteiger partial charge in [-0.3, -0.25) is 9.69 Å². The number of ketones is 1. The van der Waals surface area contributed by atoms with Crippen molar-refractivity contribution in [2.45, 2.75) is 32.2 Å². The van der Waals surface area contributed by atoms with E-state index in [1.54, 1.807) is 29.4 Å². The molecule has 0 bridgehead atoms. The number of Topliss-reactive ketones (excluding diaryl/α,β-unsaturated/α-hetero) is 1. The molecule has 168 valence electrons. The van der Waals surface area contributed by atoms with Gasteiger partial charge in [-0.2, -0.15) is 0 Å². The summed E-state index contributed by atoms with van der Waals surface area (Å²) >= 11 is 0. The predicted molar refractivity (Wildman–Crippen MR) is 127 cm³/mol. The highest BCUT2D eigenvalue weighted by atomic mass is 16.5. The maximum atomic E-state index is 13.8. The van der Waals surface area contributed by atoms with Crippen molar-refractivity contribution < 1.29 is 18.7 Å². The zero-order valence-corrected chi connectivity index (χ0v) is 18.3. The molecule has 2 aliphatic rings. The van der Waals surface area contributed by atoms with Crippen molar-refractivity contribution in [3.63, 3.8) is 0 Å². The number of ether oxygens (including phenoxy) is 1. The van der Waals surface area contributed by atoms with Crippen molar-refractivity contribution in [3.05, 3.63) is 84.0 Å². The molecule has 0 saturated carbocycles. The molecule has 2 amide bonds. The van der Waals surface area contributed by atoms with Crippen LogP contribution in [0.1, 0.15) is 38.0 Å². The number of para-hydroxylation sites is 2. The number of carbonyl (C=O) groups excluding carboxylic acids is 2. The lowest BCUT2D eigenvalue weighted by atomic mass is 9.88. The number of furan rings is 1. The number of amides is 2. The first-order valence-electron chi connectivity index (χ1n) is 11.1. The normalized spacial score (nSPS) is 17.5. The molecular weight excluding hydrogens is 418 g/mol. The quantitative estimate of drug-likeness (QED) is 0.525. The number of benzene rings is 2. The van der Waals surface area contributed by atoms with E-state index in [4.69, 9.17) is 9.15 Å². The number of anilines is 3. The minimum absolute atomic E-state index is 0.0248. The average Bonchev–Trinajstić information content (AvgIpc) is 3.30. The maximum Gasteiger partial charge on any atom is 0.327 e. The fourth-order valence-electron chi connectivity index (χ4n) is 4.46. The zero-order chi connectivity index (χ0) is 22.8. The Morgan fingerprint density at radius 1 is 1.12 bits per heavy atom. The van der Waals surface area contributed by atoms with Gasteiger partial charge in [-0.05, 0) is 68.3 Å². The minimum atomic E-state index is -0.679. The van der Waals surface area contributed by atoms with Gasteiger partial charge in [0.2, 0.25) is 0 Å². The summed E-state index contributed by atoms with van der Waals surface area (Å²) in [5.41, 5.74) is 3.49. The molecule has 1 aliphatic carbocycles. The monoisotopic (exact) mass is 443 g/mol. The number of hydrogen-bond donors (Lipinski definition) is 2. The topological polar surface area (TPSA) is 83.8 Å². The van der Waals surface area contributed by atoms with E-state index in [1.807, 2.05) is 49.4 Å². The first kappa shape index (κ1) is 20.9. The van der Waals surface area contributed by atoms with Crippen molar-refractivity contribution in [3.8, 4) is 5.75 Å². The first-order valence-corrected chi connectivity index (χ1v) is 11.1. The number of nitrogens with one attached hydrogen (secondary N) is 2. The van der Waals surface area contributed by atoms with Gasteiger partial charge in [0.25, 0.3) is 0 Å². The fourth-order valence-corrected chi connectivity index (χ4v) is 4.46. The van der Waals surface area contributed by atoms with Crippen LogP contribution in [0.4, 0.5) is 21.9 Å². The van der Waals surface area contributed by atoms with E-state index >= 15 is 0 Å². The van der Waals surface area contributed by atoms with E-state index in [2.05, 4.69) is 10.6 Å². The van der Waals surface area contributed by atoms with Gasteiger partial charge in [0, 0.05) is 23.4 Å². The van der Waals surface area contributed by atoms with Crippen molar-refractivity contribution in [1.29, 1.82) is 0 Å². The molecule has 0 spiro atoms. The Labute approximate surface area is 192 Å². The second kappa shape index (κ2) is 8.86. The van der Waals surface area contributed by atoms with Crippen LogP contribution in [0.5, 0.6) is 5.75 Å². The van der Waals surface area contributed by atoms with Gasteiger partial charge in [0.15, 0.2) is 5.78 Å². The van der Waals surface area contributed by atoms with Gasteiger partial charge in [-0.25, -0.2) is 4.79 Å². The lowest BCUT2D eigenvalue weighted by Crippen LogP contribution is -2.40. The molecule has 1 unspecified atom stereocenters. The van der Waals surface area contributed by atoms with Crippen molar-refractivity contribution >= 4 is 28.9 Å². The van der Waals surface area contributed by atoms with Crippen LogP contribution >= 0.6 is 0 Å². The number of nitrogens with zero attached hydrogens (tertiary/aromatic N) is 1. The van der Waals surface area contributed by atoms with Crippen LogP contribution in [-0.2, 0) is 4.79 Å². The average molecular weight is 444 g/mol. The summed E-state index contributed by atoms with van der Waals surface area (Å²) in [6.07, 6.45) is 3.52. The Bertz CT molecular complexity index is 1200. The molecule has 33 heavy (non-hydrogen) atoms. The van der Waals surface area contributed by atoms with Gasteiger partial charge < -0.3 is 19.8 Å². The minimum Gasteiger partial charge on any atom is -0.494 e. The standard InChI is InChI=1S/C26H25N3O4/c1-2-32-18-14-12-17(13-15-18)27-26(31)29-21-9-4-3-7-19(21)28-20-8-5-10-22(30)24(20)25(29)23-11-6-16-33-23/h3-4,6-7,9,11-16,25,28H,2,5,8,10H2,1H3,(H,27,31). The first-order chi connectivity index (χ1) is 16.2. The van der Waals surface area contributed by atoms with Crippen LogP contribution in [0.2, 0.25) is 0 Å². The van der Waals surface area contributed by atoms with Crippen LogP contribution in [0.3, 0.4) is 0 Å². The lowest BCUT2D eigenvalue weighted by molar-refractivity contribution is -0.116. The number of rotatable bonds is 4. The Morgan fingerprint density at radius 2 is 1.94 bits per heavy atom. The van der Waals surface area contributed by atoms with Gasteiger partial charge in [0.1, 0.15) is 17.6 Å². The van der Waals surface area contributed by atoms with Crippen molar-refractivity contribution in [2.24, 2.45) is 0 Å². The zero-order valence-electron chi connectivity index (χ0n) is 18.3. The fraction of sp³-hybridized carbons (Fsp3) is 0.231. The molecule has 1 atom stereocenters. The van der Waals surface area contributed by atoms with Crippen LogP contribution in [-0.4, -0.2) is 18.4 Å². The molecule has 2 heterocycles. The van der Waals surface area contributed by atoms with E-state index in [-0.39, 0.29) is 11.8 Å². The Kier molecular flexibility index (Phi) is 5.60. The van der Waals surface area contributed by atoms with Gasteiger partial charge in [-0.1, -0.05) is 12.1 Å². The predicted octanol–water partition coefficient (Wildman–Crippen LogP) is 5.89. The number of allylic oxidation sites excluding steroid dienone is 1. The molecule has 3 aromatic rings. The van der Waals surface area contributed by atoms with E-state index in [0.29, 0.717) is 35.7 Å². The maximum absolute atomic E-state index is 13.8. The molecule has 2 aromatic carbocycles. The highest BCUT2D eigenvalue weighted by Gasteiger charge is 2.41. The number of hydrogen-bond acceptors (Lipinski definition) is 5. The van der Waals surface area contributed by atoms with Crippen LogP contribution < -0.4 is 20.3 Å². The van der Waals surface area contributed by atoms with Gasteiger partial charge in [-0.15, -0.1) is 0 Å².